The molecule has 2 N–H and O–H groups in total. The zero-order valence-corrected chi connectivity index (χ0v) is 13.2. The number of hydrogen-bond acceptors (Lipinski definition) is 3. The molecular formula is C19H25NO2. The van der Waals surface area contributed by atoms with Crippen LogP contribution in [-0.4, -0.2) is 34.8 Å². The van der Waals surface area contributed by atoms with Gasteiger partial charge in [0.2, 0.25) is 0 Å². The molecule has 0 aliphatic rings. The number of aliphatic hydroxyl groups is 2. The third kappa shape index (κ3) is 4.95. The standard InChI is InChI=1S/C19H25NO2/c1-2-16-8-10-18(11-9-16)19(22)15-20(12-13-21)14-17-6-4-3-5-7-17/h3-11,19,21-22H,2,12-15H2,1H3. The van der Waals surface area contributed by atoms with Crippen molar-refractivity contribution in [1.29, 1.82) is 0 Å². The monoisotopic (exact) mass is 299 g/mol. The zero-order chi connectivity index (χ0) is 15.8. The van der Waals surface area contributed by atoms with Gasteiger partial charge >= 0.3 is 0 Å². The van der Waals surface area contributed by atoms with Gasteiger partial charge < -0.3 is 10.2 Å². The largest absolute Gasteiger partial charge is 0.395 e. The van der Waals surface area contributed by atoms with Crippen LogP contribution in [0.5, 0.6) is 0 Å². The van der Waals surface area contributed by atoms with E-state index in [1.165, 1.54) is 11.1 Å². The van der Waals surface area contributed by atoms with Crippen molar-refractivity contribution in [1.82, 2.24) is 4.90 Å². The van der Waals surface area contributed by atoms with Gasteiger partial charge in [0.25, 0.3) is 0 Å². The smallest absolute Gasteiger partial charge is 0.0917 e. The van der Waals surface area contributed by atoms with Gasteiger partial charge in [0.15, 0.2) is 0 Å². The summed E-state index contributed by atoms with van der Waals surface area (Å²) in [6.07, 6.45) is 0.460. The third-order valence-corrected chi connectivity index (χ3v) is 3.87. The summed E-state index contributed by atoms with van der Waals surface area (Å²) in [7, 11) is 0. The third-order valence-electron chi connectivity index (χ3n) is 3.87. The molecule has 3 heteroatoms. The SMILES string of the molecule is CCc1ccc(C(O)CN(CCO)Cc2ccccc2)cc1. The minimum absolute atomic E-state index is 0.0916. The van der Waals surface area contributed by atoms with Crippen LogP contribution in [0.4, 0.5) is 0 Å². The fourth-order valence-electron chi connectivity index (χ4n) is 2.54. The fourth-order valence-corrected chi connectivity index (χ4v) is 2.54. The summed E-state index contributed by atoms with van der Waals surface area (Å²) in [6.45, 7) is 4.01. The fraction of sp³-hybridized carbons (Fsp3) is 0.368. The second kappa shape index (κ2) is 8.69. The molecule has 3 nitrogen and oxygen atoms in total. The Kier molecular flexibility index (Phi) is 6.59. The quantitative estimate of drug-likeness (QED) is 0.788. The van der Waals surface area contributed by atoms with E-state index in [0.29, 0.717) is 13.1 Å². The summed E-state index contributed by atoms with van der Waals surface area (Å²) >= 11 is 0. The maximum atomic E-state index is 10.4. The van der Waals surface area contributed by atoms with Gasteiger partial charge in [-0.1, -0.05) is 61.5 Å². The van der Waals surface area contributed by atoms with Gasteiger partial charge in [0, 0.05) is 19.6 Å². The highest BCUT2D eigenvalue weighted by molar-refractivity contribution is 5.24. The molecule has 0 saturated carbocycles. The molecule has 0 saturated heterocycles. The molecule has 2 aromatic rings. The van der Waals surface area contributed by atoms with E-state index in [4.69, 9.17) is 0 Å². The van der Waals surface area contributed by atoms with Crippen molar-refractivity contribution < 1.29 is 10.2 Å². The molecule has 0 amide bonds. The Morgan fingerprint density at radius 1 is 0.955 bits per heavy atom. The van der Waals surface area contributed by atoms with Crippen LogP contribution in [0.1, 0.15) is 29.7 Å². The Bertz CT molecular complexity index is 539. The van der Waals surface area contributed by atoms with Gasteiger partial charge in [-0.15, -0.1) is 0 Å². The first-order valence-electron chi connectivity index (χ1n) is 7.87. The molecule has 0 spiro atoms. The van der Waals surface area contributed by atoms with Crippen LogP contribution in [0.15, 0.2) is 54.6 Å². The van der Waals surface area contributed by atoms with Gasteiger partial charge in [-0.05, 0) is 23.1 Å². The summed E-state index contributed by atoms with van der Waals surface area (Å²) in [6, 6.07) is 18.2. The van der Waals surface area contributed by atoms with E-state index in [1.54, 1.807) is 0 Å². The van der Waals surface area contributed by atoms with Crippen molar-refractivity contribution in [2.24, 2.45) is 0 Å². The Balaban J connectivity index is 1.99. The minimum atomic E-state index is -0.541. The average molecular weight is 299 g/mol. The maximum Gasteiger partial charge on any atom is 0.0917 e. The number of hydrogen-bond donors (Lipinski definition) is 2. The molecule has 0 bridgehead atoms. The summed E-state index contributed by atoms with van der Waals surface area (Å²) < 4.78 is 0. The van der Waals surface area contributed by atoms with Crippen molar-refractivity contribution in [3.05, 3.63) is 71.3 Å². The molecule has 118 valence electrons. The van der Waals surface area contributed by atoms with Gasteiger partial charge in [-0.3, -0.25) is 4.90 Å². The number of aryl methyl sites for hydroxylation is 1. The topological polar surface area (TPSA) is 43.7 Å². The Morgan fingerprint density at radius 3 is 2.23 bits per heavy atom. The van der Waals surface area contributed by atoms with E-state index < -0.39 is 6.10 Å². The number of nitrogens with zero attached hydrogens (tertiary/aromatic N) is 1. The first-order chi connectivity index (χ1) is 10.7. The van der Waals surface area contributed by atoms with Crippen molar-refractivity contribution in [2.75, 3.05) is 19.7 Å². The molecule has 0 aromatic heterocycles. The maximum absolute atomic E-state index is 10.4. The molecule has 0 fully saturated rings. The van der Waals surface area contributed by atoms with Crippen LogP contribution >= 0.6 is 0 Å². The minimum Gasteiger partial charge on any atom is -0.395 e. The highest BCUT2D eigenvalue weighted by atomic mass is 16.3. The van der Waals surface area contributed by atoms with Crippen LogP contribution in [0.25, 0.3) is 0 Å². The van der Waals surface area contributed by atoms with Gasteiger partial charge in [0.05, 0.1) is 12.7 Å². The lowest BCUT2D eigenvalue weighted by molar-refractivity contribution is 0.0957. The summed E-state index contributed by atoms with van der Waals surface area (Å²) in [5.41, 5.74) is 3.38. The summed E-state index contributed by atoms with van der Waals surface area (Å²) in [5.74, 6) is 0. The lowest BCUT2D eigenvalue weighted by Crippen LogP contribution is -2.31. The molecule has 0 radical (unpaired) electrons. The Hall–Kier alpha value is -1.68. The molecule has 0 aliphatic heterocycles. The van der Waals surface area contributed by atoms with E-state index in [0.717, 1.165) is 18.5 Å². The van der Waals surface area contributed by atoms with Crippen LogP contribution in [0.2, 0.25) is 0 Å². The lowest BCUT2D eigenvalue weighted by Gasteiger charge is -2.24. The van der Waals surface area contributed by atoms with E-state index >= 15 is 0 Å². The van der Waals surface area contributed by atoms with Crippen molar-refractivity contribution in [3.8, 4) is 0 Å². The Labute approximate surface area is 132 Å². The van der Waals surface area contributed by atoms with Crippen LogP contribution in [0, 0.1) is 0 Å². The van der Waals surface area contributed by atoms with E-state index in [2.05, 4.69) is 36.1 Å². The van der Waals surface area contributed by atoms with Gasteiger partial charge in [-0.25, -0.2) is 0 Å². The zero-order valence-electron chi connectivity index (χ0n) is 13.2. The molecule has 1 unspecified atom stereocenters. The number of aliphatic hydroxyl groups excluding tert-OH is 2. The van der Waals surface area contributed by atoms with E-state index in [-0.39, 0.29) is 6.61 Å². The van der Waals surface area contributed by atoms with E-state index in [9.17, 15) is 10.2 Å². The van der Waals surface area contributed by atoms with Crippen molar-refractivity contribution in [2.45, 2.75) is 26.0 Å². The van der Waals surface area contributed by atoms with Crippen LogP contribution in [0.3, 0.4) is 0 Å². The molecule has 0 heterocycles. The highest BCUT2D eigenvalue weighted by Crippen LogP contribution is 2.17. The molecule has 0 aliphatic carbocycles. The average Bonchev–Trinajstić information content (AvgIpc) is 2.56. The first-order valence-corrected chi connectivity index (χ1v) is 7.87. The highest BCUT2D eigenvalue weighted by Gasteiger charge is 2.13. The number of benzene rings is 2. The second-order valence-corrected chi connectivity index (χ2v) is 5.56. The Morgan fingerprint density at radius 2 is 1.64 bits per heavy atom. The summed E-state index contributed by atoms with van der Waals surface area (Å²) in [5, 5.41) is 19.7. The van der Waals surface area contributed by atoms with E-state index in [1.807, 2.05) is 30.3 Å². The van der Waals surface area contributed by atoms with Crippen LogP contribution in [-0.2, 0) is 13.0 Å². The lowest BCUT2D eigenvalue weighted by atomic mass is 10.1. The predicted octanol–water partition coefficient (Wildman–Crippen LogP) is 2.78. The molecule has 2 rings (SSSR count). The molecule has 1 atom stereocenters. The van der Waals surface area contributed by atoms with Gasteiger partial charge in [-0.2, -0.15) is 0 Å². The number of rotatable bonds is 8. The van der Waals surface area contributed by atoms with Crippen LogP contribution < -0.4 is 0 Å². The molecule has 22 heavy (non-hydrogen) atoms. The molecular weight excluding hydrogens is 274 g/mol. The molecule has 2 aromatic carbocycles. The first kappa shape index (κ1) is 16.7. The summed E-state index contributed by atoms with van der Waals surface area (Å²) in [4.78, 5) is 2.08. The van der Waals surface area contributed by atoms with Crippen molar-refractivity contribution in [3.63, 3.8) is 0 Å². The normalized spacial score (nSPS) is 12.5. The predicted molar refractivity (Wildman–Crippen MR) is 89.6 cm³/mol. The van der Waals surface area contributed by atoms with Crippen molar-refractivity contribution >= 4 is 0 Å². The van der Waals surface area contributed by atoms with Gasteiger partial charge in [0.1, 0.15) is 0 Å². The second-order valence-electron chi connectivity index (χ2n) is 5.56.